The van der Waals surface area contributed by atoms with Crippen molar-refractivity contribution < 1.29 is 19.1 Å². The lowest BCUT2D eigenvalue weighted by Gasteiger charge is -2.31. The van der Waals surface area contributed by atoms with E-state index in [9.17, 15) is 9.59 Å². The van der Waals surface area contributed by atoms with Crippen molar-refractivity contribution in [1.29, 1.82) is 0 Å². The zero-order chi connectivity index (χ0) is 24.6. The fourth-order valence-corrected chi connectivity index (χ4v) is 4.76. The fourth-order valence-electron chi connectivity index (χ4n) is 4.76. The predicted molar refractivity (Wildman–Crippen MR) is 137 cm³/mol. The van der Waals surface area contributed by atoms with Crippen molar-refractivity contribution in [2.75, 3.05) is 13.7 Å². The normalized spacial score (nSPS) is 14.5. The van der Waals surface area contributed by atoms with Crippen molar-refractivity contribution in [3.8, 4) is 11.5 Å². The Bertz CT molecular complexity index is 1130. The molecule has 1 fully saturated rings. The zero-order valence-electron chi connectivity index (χ0n) is 20.5. The Labute approximate surface area is 207 Å². The molecule has 0 aromatic heterocycles. The molecule has 0 radical (unpaired) electrons. The maximum Gasteiger partial charge on any atom is 0.261 e. The molecule has 6 nitrogen and oxygen atoms in total. The summed E-state index contributed by atoms with van der Waals surface area (Å²) in [6, 6.07) is 20.9. The van der Waals surface area contributed by atoms with Crippen LogP contribution in [0.15, 0.2) is 66.7 Å². The van der Waals surface area contributed by atoms with Gasteiger partial charge in [-0.05, 0) is 48.4 Å². The summed E-state index contributed by atoms with van der Waals surface area (Å²) in [5.41, 5.74) is 0.927. The summed E-state index contributed by atoms with van der Waals surface area (Å²) in [5.74, 6) is 1.09. The van der Waals surface area contributed by atoms with Gasteiger partial charge >= 0.3 is 0 Å². The highest BCUT2D eigenvalue weighted by molar-refractivity contribution is 5.90. The summed E-state index contributed by atoms with van der Waals surface area (Å²) in [6.07, 6.45) is 4.79. The second-order valence-electron chi connectivity index (χ2n) is 9.05. The van der Waals surface area contributed by atoms with Gasteiger partial charge in [0.2, 0.25) is 5.91 Å². The molecule has 0 saturated heterocycles. The summed E-state index contributed by atoms with van der Waals surface area (Å²) in [5, 5.41) is 5.18. The van der Waals surface area contributed by atoms with Crippen LogP contribution in [0.2, 0.25) is 0 Å². The molecule has 2 amide bonds. The van der Waals surface area contributed by atoms with Crippen LogP contribution < -0.4 is 14.8 Å². The molecule has 1 aliphatic carbocycles. The standard InChI is InChI=1S/C29H34N2O4/c1-3-26(29(33)30-23-11-5-6-12-23)31(19-21-15-17-24(34-2)18-16-21)28(32)20-35-27-14-8-10-22-9-4-7-13-25(22)27/h4,7-10,13-18,23,26H,3,5-6,11-12,19-20H2,1-2H3,(H,30,33)/t26-/m0/s1. The summed E-state index contributed by atoms with van der Waals surface area (Å²) >= 11 is 0. The number of hydrogen-bond donors (Lipinski definition) is 1. The molecule has 6 heteroatoms. The Hall–Kier alpha value is -3.54. The molecule has 4 rings (SSSR count). The maximum absolute atomic E-state index is 13.5. The molecule has 3 aromatic carbocycles. The molecule has 0 bridgehead atoms. The molecular formula is C29H34N2O4. The molecular weight excluding hydrogens is 440 g/mol. The molecule has 1 atom stereocenters. The Balaban J connectivity index is 1.53. The number of carbonyl (C=O) groups excluding carboxylic acids is 2. The molecule has 184 valence electrons. The van der Waals surface area contributed by atoms with E-state index in [0.717, 1.165) is 47.8 Å². The molecule has 1 saturated carbocycles. The molecule has 1 aliphatic rings. The smallest absolute Gasteiger partial charge is 0.261 e. The van der Waals surface area contributed by atoms with Crippen molar-refractivity contribution in [3.05, 3.63) is 72.3 Å². The minimum absolute atomic E-state index is 0.0913. The summed E-state index contributed by atoms with van der Waals surface area (Å²) < 4.78 is 11.3. The van der Waals surface area contributed by atoms with E-state index in [1.54, 1.807) is 12.0 Å². The lowest BCUT2D eigenvalue weighted by molar-refractivity contribution is -0.143. The monoisotopic (exact) mass is 474 g/mol. The van der Waals surface area contributed by atoms with Crippen molar-refractivity contribution in [2.24, 2.45) is 0 Å². The second kappa shape index (κ2) is 11.7. The Morgan fingerprint density at radius 3 is 2.43 bits per heavy atom. The van der Waals surface area contributed by atoms with Crippen LogP contribution in [-0.2, 0) is 16.1 Å². The van der Waals surface area contributed by atoms with Gasteiger partial charge in [0.1, 0.15) is 17.5 Å². The molecule has 0 spiro atoms. The summed E-state index contributed by atoms with van der Waals surface area (Å²) in [4.78, 5) is 28.4. The summed E-state index contributed by atoms with van der Waals surface area (Å²) in [6.45, 7) is 2.12. The lowest BCUT2D eigenvalue weighted by atomic mass is 10.1. The molecule has 35 heavy (non-hydrogen) atoms. The van der Waals surface area contributed by atoms with E-state index in [1.807, 2.05) is 73.7 Å². The van der Waals surface area contributed by atoms with Crippen molar-refractivity contribution in [3.63, 3.8) is 0 Å². The van der Waals surface area contributed by atoms with Crippen molar-refractivity contribution in [2.45, 2.75) is 57.7 Å². The number of nitrogens with one attached hydrogen (secondary N) is 1. The van der Waals surface area contributed by atoms with Gasteiger partial charge < -0.3 is 19.7 Å². The number of amides is 2. The topological polar surface area (TPSA) is 67.9 Å². The second-order valence-corrected chi connectivity index (χ2v) is 9.05. The zero-order valence-corrected chi connectivity index (χ0v) is 20.5. The van der Waals surface area contributed by atoms with Crippen LogP contribution in [0.25, 0.3) is 10.8 Å². The van der Waals surface area contributed by atoms with E-state index in [4.69, 9.17) is 9.47 Å². The van der Waals surface area contributed by atoms with Gasteiger partial charge in [-0.2, -0.15) is 0 Å². The number of methoxy groups -OCH3 is 1. The first-order valence-corrected chi connectivity index (χ1v) is 12.4. The van der Waals surface area contributed by atoms with E-state index >= 15 is 0 Å². The number of carbonyl (C=O) groups is 2. The minimum Gasteiger partial charge on any atom is -0.497 e. The van der Waals surface area contributed by atoms with Crippen LogP contribution >= 0.6 is 0 Å². The third-order valence-electron chi connectivity index (χ3n) is 6.70. The van der Waals surface area contributed by atoms with Gasteiger partial charge in [0.15, 0.2) is 6.61 Å². The lowest BCUT2D eigenvalue weighted by Crippen LogP contribution is -2.52. The first-order chi connectivity index (χ1) is 17.1. The number of rotatable bonds is 10. The van der Waals surface area contributed by atoms with Crippen LogP contribution in [0.1, 0.15) is 44.6 Å². The van der Waals surface area contributed by atoms with Crippen LogP contribution in [0.3, 0.4) is 0 Å². The average Bonchev–Trinajstić information content (AvgIpc) is 3.40. The van der Waals surface area contributed by atoms with E-state index in [2.05, 4.69) is 5.32 Å². The van der Waals surface area contributed by atoms with Crippen LogP contribution in [-0.4, -0.2) is 42.5 Å². The van der Waals surface area contributed by atoms with E-state index in [1.165, 1.54) is 0 Å². The minimum atomic E-state index is -0.568. The molecule has 1 N–H and O–H groups in total. The predicted octanol–water partition coefficient (Wildman–Crippen LogP) is 5.09. The highest BCUT2D eigenvalue weighted by Crippen LogP contribution is 2.26. The third kappa shape index (κ3) is 6.13. The number of fused-ring (bicyclic) bond motifs is 1. The Kier molecular flexibility index (Phi) is 8.24. The quantitative estimate of drug-likeness (QED) is 0.444. The van der Waals surface area contributed by atoms with Gasteiger partial charge in [0.05, 0.1) is 7.11 Å². The first kappa shape index (κ1) is 24.6. The molecule has 0 aliphatic heterocycles. The Morgan fingerprint density at radius 2 is 1.71 bits per heavy atom. The Morgan fingerprint density at radius 1 is 1.00 bits per heavy atom. The molecule has 3 aromatic rings. The van der Waals surface area contributed by atoms with Gasteiger partial charge in [0.25, 0.3) is 5.91 Å². The van der Waals surface area contributed by atoms with E-state index < -0.39 is 6.04 Å². The average molecular weight is 475 g/mol. The number of ether oxygens (including phenoxy) is 2. The van der Waals surface area contributed by atoms with Gasteiger partial charge in [-0.1, -0.05) is 68.3 Å². The van der Waals surface area contributed by atoms with Crippen LogP contribution in [0, 0.1) is 0 Å². The van der Waals surface area contributed by atoms with Crippen molar-refractivity contribution in [1.82, 2.24) is 10.2 Å². The highest BCUT2D eigenvalue weighted by atomic mass is 16.5. The van der Waals surface area contributed by atoms with Gasteiger partial charge in [0, 0.05) is 18.0 Å². The van der Waals surface area contributed by atoms with Gasteiger partial charge in [-0.15, -0.1) is 0 Å². The maximum atomic E-state index is 13.5. The highest BCUT2D eigenvalue weighted by Gasteiger charge is 2.31. The van der Waals surface area contributed by atoms with Crippen LogP contribution in [0.5, 0.6) is 11.5 Å². The van der Waals surface area contributed by atoms with Gasteiger partial charge in [-0.25, -0.2) is 0 Å². The van der Waals surface area contributed by atoms with Crippen LogP contribution in [0.4, 0.5) is 0 Å². The first-order valence-electron chi connectivity index (χ1n) is 12.4. The summed E-state index contributed by atoms with van der Waals surface area (Å²) in [7, 11) is 1.62. The number of hydrogen-bond acceptors (Lipinski definition) is 4. The SMILES string of the molecule is CC[C@@H](C(=O)NC1CCCC1)N(Cc1ccc(OC)cc1)C(=O)COc1cccc2ccccc12. The van der Waals surface area contributed by atoms with Gasteiger partial charge in [-0.3, -0.25) is 9.59 Å². The largest absolute Gasteiger partial charge is 0.497 e. The molecule has 0 heterocycles. The van der Waals surface area contributed by atoms with E-state index in [0.29, 0.717) is 18.7 Å². The fraction of sp³-hybridized carbons (Fsp3) is 0.379. The number of nitrogens with zero attached hydrogens (tertiary/aromatic N) is 1. The third-order valence-corrected chi connectivity index (χ3v) is 6.70. The molecule has 0 unspecified atom stereocenters. The number of benzene rings is 3. The van der Waals surface area contributed by atoms with Crippen molar-refractivity contribution >= 4 is 22.6 Å². The van der Waals surface area contributed by atoms with E-state index in [-0.39, 0.29) is 24.5 Å².